The summed E-state index contributed by atoms with van der Waals surface area (Å²) in [4.78, 5) is 0. The molecule has 0 radical (unpaired) electrons. The van der Waals surface area contributed by atoms with Crippen molar-refractivity contribution in [1.29, 1.82) is 0 Å². The van der Waals surface area contributed by atoms with Crippen LogP contribution in [-0.4, -0.2) is 28.7 Å². The Morgan fingerprint density at radius 1 is 1.05 bits per heavy atom. The van der Waals surface area contributed by atoms with E-state index in [-0.39, 0.29) is 15.0 Å². The molecule has 2 rings (SSSR count). The predicted molar refractivity (Wildman–Crippen MR) is 85.1 cm³/mol. The first-order valence-electron chi connectivity index (χ1n) is 6.37. The number of methoxy groups -OCH3 is 1. The van der Waals surface area contributed by atoms with E-state index in [0.29, 0.717) is 6.61 Å². The first kappa shape index (κ1) is 14.6. The Morgan fingerprint density at radius 2 is 1.70 bits per heavy atom. The van der Waals surface area contributed by atoms with Crippen LogP contribution in [0.1, 0.15) is 5.56 Å². The molecule has 2 aromatic rings. The van der Waals surface area contributed by atoms with Crippen LogP contribution in [0.2, 0.25) is 0 Å². The Bertz CT molecular complexity index is 606. The van der Waals surface area contributed by atoms with Gasteiger partial charge < -0.3 is 0 Å². The Hall–Kier alpha value is -1.78. The van der Waals surface area contributed by atoms with Gasteiger partial charge in [-0.25, -0.2) is 0 Å². The Labute approximate surface area is 126 Å². The molecule has 0 saturated heterocycles. The fourth-order valence-corrected chi connectivity index (χ4v) is 3.23. The van der Waals surface area contributed by atoms with Gasteiger partial charge >= 0.3 is 126 Å². The predicted octanol–water partition coefficient (Wildman–Crippen LogP) is 2.60. The zero-order chi connectivity index (χ0) is 14.0. The third kappa shape index (κ3) is 5.07. The van der Waals surface area contributed by atoms with Crippen molar-refractivity contribution in [2.45, 2.75) is 0 Å². The van der Waals surface area contributed by atoms with Crippen molar-refractivity contribution in [1.82, 2.24) is 0 Å². The molecule has 0 aromatic heterocycles. The molecule has 0 aliphatic heterocycles. The average Bonchev–Trinajstić information content (AvgIpc) is 2.52. The van der Waals surface area contributed by atoms with Gasteiger partial charge in [-0.3, -0.25) is 0 Å². The second-order valence-corrected chi connectivity index (χ2v) is 6.39. The van der Waals surface area contributed by atoms with Crippen LogP contribution in [0, 0.1) is 11.8 Å². The molecule has 2 heteroatoms. The van der Waals surface area contributed by atoms with Crippen LogP contribution >= 0.6 is 0 Å². The van der Waals surface area contributed by atoms with Crippen LogP contribution in [0.3, 0.4) is 0 Å². The summed E-state index contributed by atoms with van der Waals surface area (Å²) in [5.41, 5.74) is 1.04. The molecule has 0 spiro atoms. The van der Waals surface area contributed by atoms with Crippen LogP contribution in [0.5, 0.6) is 0 Å². The van der Waals surface area contributed by atoms with E-state index in [1.165, 1.54) is 4.46 Å². The molecule has 0 bridgehead atoms. The van der Waals surface area contributed by atoms with Crippen molar-refractivity contribution in [3.05, 3.63) is 76.8 Å². The molecular formula is C18H16OSe. The summed E-state index contributed by atoms with van der Waals surface area (Å²) < 4.78 is 7.60. The fraction of sp³-hybridized carbons (Fsp3) is 0.111. The zero-order valence-corrected chi connectivity index (χ0v) is 13.1. The standard InChI is InChI=1S/C18H16OSe/c1-19-15-14-18(20-17-10-6-3-7-11-17)13-12-16-8-4-2-5-9-16/h2-11,14H,15H2,1H3/b18-14-. The monoisotopic (exact) mass is 328 g/mol. The Kier molecular flexibility index (Phi) is 6.14. The first-order valence-corrected chi connectivity index (χ1v) is 8.09. The maximum absolute atomic E-state index is 5.13. The summed E-state index contributed by atoms with van der Waals surface area (Å²) in [7, 11) is 1.70. The molecule has 1 nitrogen and oxygen atoms in total. The van der Waals surface area contributed by atoms with Gasteiger partial charge in [-0.05, 0) is 0 Å². The molecule has 0 aliphatic rings. The van der Waals surface area contributed by atoms with Gasteiger partial charge in [0.05, 0.1) is 0 Å². The van der Waals surface area contributed by atoms with Crippen LogP contribution in [-0.2, 0) is 4.74 Å². The normalized spacial score (nSPS) is 10.8. The van der Waals surface area contributed by atoms with Crippen molar-refractivity contribution >= 4 is 19.4 Å². The number of allylic oxidation sites excluding steroid dienone is 1. The van der Waals surface area contributed by atoms with E-state index in [1.807, 2.05) is 36.4 Å². The van der Waals surface area contributed by atoms with E-state index >= 15 is 0 Å². The van der Waals surface area contributed by atoms with Gasteiger partial charge in [0.2, 0.25) is 0 Å². The first-order chi connectivity index (χ1) is 9.88. The molecule has 0 unspecified atom stereocenters. The average molecular weight is 327 g/mol. The van der Waals surface area contributed by atoms with Crippen molar-refractivity contribution in [2.24, 2.45) is 0 Å². The molecule has 0 aliphatic carbocycles. The number of ether oxygens (including phenoxy) is 1. The summed E-state index contributed by atoms with van der Waals surface area (Å²) in [5, 5.41) is 0. The molecule has 0 heterocycles. The number of benzene rings is 2. The molecule has 0 amide bonds. The van der Waals surface area contributed by atoms with Crippen molar-refractivity contribution < 1.29 is 4.74 Å². The molecule has 0 saturated carbocycles. The molecule has 2 aromatic carbocycles. The third-order valence-corrected chi connectivity index (χ3v) is 4.60. The molecule has 0 N–H and O–H groups in total. The number of rotatable bonds is 4. The van der Waals surface area contributed by atoms with E-state index in [2.05, 4.69) is 42.2 Å². The van der Waals surface area contributed by atoms with E-state index < -0.39 is 0 Å². The summed E-state index contributed by atoms with van der Waals surface area (Å²) in [6.45, 7) is 0.605. The van der Waals surface area contributed by atoms with Crippen LogP contribution in [0.25, 0.3) is 0 Å². The summed E-state index contributed by atoms with van der Waals surface area (Å²) in [5.74, 6) is 6.49. The maximum atomic E-state index is 5.13. The van der Waals surface area contributed by atoms with Crippen molar-refractivity contribution in [3.63, 3.8) is 0 Å². The van der Waals surface area contributed by atoms with E-state index in [9.17, 15) is 0 Å². The minimum atomic E-state index is 0.224. The van der Waals surface area contributed by atoms with Gasteiger partial charge in [0, 0.05) is 0 Å². The van der Waals surface area contributed by atoms with Gasteiger partial charge in [-0.15, -0.1) is 0 Å². The summed E-state index contributed by atoms with van der Waals surface area (Å²) >= 11 is 0.224. The third-order valence-electron chi connectivity index (χ3n) is 2.51. The number of hydrogen-bond donors (Lipinski definition) is 0. The van der Waals surface area contributed by atoms with Crippen LogP contribution in [0.15, 0.2) is 71.2 Å². The fourth-order valence-electron chi connectivity index (χ4n) is 1.55. The van der Waals surface area contributed by atoms with Gasteiger partial charge in [0.15, 0.2) is 0 Å². The van der Waals surface area contributed by atoms with Gasteiger partial charge in [0.25, 0.3) is 0 Å². The van der Waals surface area contributed by atoms with Gasteiger partial charge in [0.1, 0.15) is 0 Å². The topological polar surface area (TPSA) is 9.23 Å². The molecule has 100 valence electrons. The van der Waals surface area contributed by atoms with E-state index in [1.54, 1.807) is 7.11 Å². The minimum absolute atomic E-state index is 0.224. The number of hydrogen-bond acceptors (Lipinski definition) is 1. The molecular weight excluding hydrogens is 311 g/mol. The molecule has 0 fully saturated rings. The van der Waals surface area contributed by atoms with Gasteiger partial charge in [-0.1, -0.05) is 0 Å². The van der Waals surface area contributed by atoms with E-state index in [0.717, 1.165) is 10.0 Å². The Morgan fingerprint density at radius 3 is 2.35 bits per heavy atom. The van der Waals surface area contributed by atoms with Crippen LogP contribution in [0.4, 0.5) is 0 Å². The summed E-state index contributed by atoms with van der Waals surface area (Å²) in [6.07, 6.45) is 2.07. The van der Waals surface area contributed by atoms with Crippen LogP contribution < -0.4 is 4.46 Å². The Balaban J connectivity index is 2.15. The zero-order valence-electron chi connectivity index (χ0n) is 11.4. The molecule has 20 heavy (non-hydrogen) atoms. The molecule has 0 atom stereocenters. The second kappa shape index (κ2) is 8.40. The van der Waals surface area contributed by atoms with Gasteiger partial charge in [-0.2, -0.15) is 0 Å². The quantitative estimate of drug-likeness (QED) is 0.620. The SMILES string of the molecule is COC/C=C(/C#Cc1ccccc1)[Se]c1ccccc1. The van der Waals surface area contributed by atoms with E-state index in [4.69, 9.17) is 4.74 Å². The second-order valence-electron chi connectivity index (χ2n) is 4.05. The van der Waals surface area contributed by atoms with Crippen molar-refractivity contribution in [2.75, 3.05) is 13.7 Å². The summed E-state index contributed by atoms with van der Waals surface area (Å²) in [6, 6.07) is 20.5. The van der Waals surface area contributed by atoms with Crippen molar-refractivity contribution in [3.8, 4) is 11.8 Å².